The molecule has 0 amide bonds. The first kappa shape index (κ1) is 8.52. The molecule has 0 saturated carbocycles. The minimum atomic E-state index is 0.118. The molecular formula is C8H11N3O. The number of hydrogen-bond donors (Lipinski definition) is 2. The van der Waals surface area contributed by atoms with Crippen molar-refractivity contribution in [2.24, 2.45) is 10.9 Å². The highest BCUT2D eigenvalue weighted by molar-refractivity contribution is 5.96. The number of nitrogens with two attached hydrogens (primary N) is 1. The third kappa shape index (κ3) is 1.72. The van der Waals surface area contributed by atoms with Crippen molar-refractivity contribution in [2.45, 2.75) is 13.3 Å². The van der Waals surface area contributed by atoms with Gasteiger partial charge in [0.1, 0.15) is 0 Å². The Balaban J connectivity index is 3.02. The summed E-state index contributed by atoms with van der Waals surface area (Å²) in [4.78, 5) is 4.08. The van der Waals surface area contributed by atoms with E-state index in [1.54, 1.807) is 18.3 Å². The van der Waals surface area contributed by atoms with Gasteiger partial charge in [-0.3, -0.25) is 4.98 Å². The number of rotatable bonds is 2. The first-order chi connectivity index (χ1) is 5.77. The monoisotopic (exact) mass is 165 g/mol. The van der Waals surface area contributed by atoms with Crippen LogP contribution in [-0.4, -0.2) is 16.0 Å². The molecule has 3 N–H and O–H groups in total. The summed E-state index contributed by atoms with van der Waals surface area (Å²) in [6.07, 6.45) is 2.48. The summed E-state index contributed by atoms with van der Waals surface area (Å²) in [5.74, 6) is 0.118. The first-order valence-electron chi connectivity index (χ1n) is 3.70. The standard InChI is InChI=1S/C8H11N3O/c1-2-7-5-6(3-4-10-7)8(9)11-12/h3-5,12H,2H2,1H3,(H2,9,11). The predicted octanol–water partition coefficient (Wildman–Crippen LogP) is 0.739. The van der Waals surface area contributed by atoms with Crippen molar-refractivity contribution in [2.75, 3.05) is 0 Å². The smallest absolute Gasteiger partial charge is 0.170 e. The van der Waals surface area contributed by atoms with E-state index in [0.717, 1.165) is 12.1 Å². The van der Waals surface area contributed by atoms with Gasteiger partial charge < -0.3 is 10.9 Å². The molecule has 1 aromatic heterocycles. The van der Waals surface area contributed by atoms with E-state index in [-0.39, 0.29) is 5.84 Å². The van der Waals surface area contributed by atoms with E-state index in [1.165, 1.54) is 0 Å². The van der Waals surface area contributed by atoms with Gasteiger partial charge in [0.05, 0.1) is 0 Å². The predicted molar refractivity (Wildman–Crippen MR) is 46.1 cm³/mol. The Bertz CT molecular complexity index is 296. The summed E-state index contributed by atoms with van der Waals surface area (Å²) < 4.78 is 0. The lowest BCUT2D eigenvalue weighted by Crippen LogP contribution is -2.13. The Labute approximate surface area is 70.7 Å². The highest BCUT2D eigenvalue weighted by atomic mass is 16.4. The van der Waals surface area contributed by atoms with Gasteiger partial charge in [-0.05, 0) is 18.6 Å². The van der Waals surface area contributed by atoms with Crippen LogP contribution < -0.4 is 5.73 Å². The third-order valence-electron chi connectivity index (χ3n) is 1.58. The lowest BCUT2D eigenvalue weighted by atomic mass is 10.2. The summed E-state index contributed by atoms with van der Waals surface area (Å²) in [5, 5.41) is 11.3. The van der Waals surface area contributed by atoms with E-state index >= 15 is 0 Å². The van der Waals surface area contributed by atoms with Gasteiger partial charge in [-0.2, -0.15) is 0 Å². The number of nitrogens with zero attached hydrogens (tertiary/aromatic N) is 2. The number of pyridine rings is 1. The van der Waals surface area contributed by atoms with Gasteiger partial charge in [0.2, 0.25) is 0 Å². The third-order valence-corrected chi connectivity index (χ3v) is 1.58. The van der Waals surface area contributed by atoms with E-state index in [9.17, 15) is 0 Å². The van der Waals surface area contributed by atoms with Crippen molar-refractivity contribution in [3.8, 4) is 0 Å². The Hall–Kier alpha value is -1.58. The molecule has 0 spiro atoms. The first-order valence-corrected chi connectivity index (χ1v) is 3.70. The fraction of sp³-hybridized carbons (Fsp3) is 0.250. The maximum absolute atomic E-state index is 8.39. The molecule has 0 bridgehead atoms. The summed E-state index contributed by atoms with van der Waals surface area (Å²) in [7, 11) is 0. The van der Waals surface area contributed by atoms with Crippen molar-refractivity contribution in [3.63, 3.8) is 0 Å². The molecule has 64 valence electrons. The Morgan fingerprint density at radius 1 is 1.75 bits per heavy atom. The normalized spacial score (nSPS) is 11.6. The van der Waals surface area contributed by atoms with Crippen LogP contribution in [0.2, 0.25) is 0 Å². The molecule has 0 aromatic carbocycles. The zero-order valence-electron chi connectivity index (χ0n) is 6.86. The molecule has 0 fully saturated rings. The van der Waals surface area contributed by atoms with Gasteiger partial charge in [0.15, 0.2) is 5.84 Å². The Morgan fingerprint density at radius 2 is 2.50 bits per heavy atom. The van der Waals surface area contributed by atoms with E-state index in [2.05, 4.69) is 10.1 Å². The van der Waals surface area contributed by atoms with Gasteiger partial charge in [0.25, 0.3) is 0 Å². The quantitative estimate of drug-likeness (QED) is 0.294. The van der Waals surface area contributed by atoms with Crippen LogP contribution in [-0.2, 0) is 6.42 Å². The van der Waals surface area contributed by atoms with Gasteiger partial charge in [0, 0.05) is 17.5 Å². The second kappa shape index (κ2) is 3.71. The fourth-order valence-corrected chi connectivity index (χ4v) is 0.889. The zero-order chi connectivity index (χ0) is 8.97. The summed E-state index contributed by atoms with van der Waals surface area (Å²) in [6.45, 7) is 2.00. The fourth-order valence-electron chi connectivity index (χ4n) is 0.889. The minimum absolute atomic E-state index is 0.118. The molecule has 4 nitrogen and oxygen atoms in total. The van der Waals surface area contributed by atoms with Gasteiger partial charge in [-0.25, -0.2) is 0 Å². The molecule has 12 heavy (non-hydrogen) atoms. The van der Waals surface area contributed by atoms with Gasteiger partial charge in [-0.15, -0.1) is 0 Å². The number of hydrogen-bond acceptors (Lipinski definition) is 3. The molecule has 4 heteroatoms. The van der Waals surface area contributed by atoms with Gasteiger partial charge in [-0.1, -0.05) is 12.1 Å². The second-order valence-corrected chi connectivity index (χ2v) is 2.37. The molecule has 1 heterocycles. The highest BCUT2D eigenvalue weighted by Crippen LogP contribution is 2.01. The zero-order valence-corrected chi connectivity index (χ0v) is 6.86. The molecule has 1 aromatic rings. The van der Waals surface area contributed by atoms with Gasteiger partial charge >= 0.3 is 0 Å². The van der Waals surface area contributed by atoms with E-state index in [1.807, 2.05) is 6.92 Å². The Kier molecular flexibility index (Phi) is 2.63. The minimum Gasteiger partial charge on any atom is -0.409 e. The van der Waals surface area contributed by atoms with Crippen LogP contribution in [0.3, 0.4) is 0 Å². The van der Waals surface area contributed by atoms with Crippen molar-refractivity contribution in [1.29, 1.82) is 0 Å². The Morgan fingerprint density at radius 3 is 3.08 bits per heavy atom. The summed E-state index contributed by atoms with van der Waals surface area (Å²) in [6, 6.07) is 3.50. The molecule has 0 aliphatic heterocycles. The molecule has 1 rings (SSSR count). The van der Waals surface area contributed by atoms with Crippen LogP contribution in [0.25, 0.3) is 0 Å². The maximum Gasteiger partial charge on any atom is 0.170 e. The SMILES string of the molecule is CCc1cc(/C(N)=N/O)ccn1. The maximum atomic E-state index is 8.39. The topological polar surface area (TPSA) is 71.5 Å². The lowest BCUT2D eigenvalue weighted by Gasteiger charge is -1.99. The molecule has 0 radical (unpaired) electrons. The van der Waals surface area contributed by atoms with E-state index in [0.29, 0.717) is 5.56 Å². The van der Waals surface area contributed by atoms with E-state index in [4.69, 9.17) is 10.9 Å². The van der Waals surface area contributed by atoms with Crippen molar-refractivity contribution < 1.29 is 5.21 Å². The van der Waals surface area contributed by atoms with Crippen LogP contribution in [0.1, 0.15) is 18.2 Å². The van der Waals surface area contributed by atoms with Crippen LogP contribution in [0, 0.1) is 0 Å². The second-order valence-electron chi connectivity index (χ2n) is 2.37. The molecule has 0 saturated heterocycles. The van der Waals surface area contributed by atoms with Crippen LogP contribution in [0.4, 0.5) is 0 Å². The summed E-state index contributed by atoms with van der Waals surface area (Å²) >= 11 is 0. The van der Waals surface area contributed by atoms with E-state index < -0.39 is 0 Å². The number of amidine groups is 1. The number of oxime groups is 1. The number of aryl methyl sites for hydroxylation is 1. The molecule has 0 unspecified atom stereocenters. The largest absolute Gasteiger partial charge is 0.409 e. The number of aromatic nitrogens is 1. The molecule has 0 aliphatic carbocycles. The molecule has 0 atom stereocenters. The van der Waals surface area contributed by atoms with Crippen molar-refractivity contribution >= 4 is 5.84 Å². The molecular weight excluding hydrogens is 154 g/mol. The van der Waals surface area contributed by atoms with Crippen molar-refractivity contribution in [1.82, 2.24) is 4.98 Å². The highest BCUT2D eigenvalue weighted by Gasteiger charge is 1.99. The summed E-state index contributed by atoms with van der Waals surface area (Å²) in [5.41, 5.74) is 7.02. The van der Waals surface area contributed by atoms with Crippen molar-refractivity contribution in [3.05, 3.63) is 29.6 Å². The average molecular weight is 165 g/mol. The van der Waals surface area contributed by atoms with Crippen LogP contribution in [0.5, 0.6) is 0 Å². The van der Waals surface area contributed by atoms with Crippen LogP contribution >= 0.6 is 0 Å². The molecule has 0 aliphatic rings. The average Bonchev–Trinajstić information content (AvgIpc) is 2.17. The van der Waals surface area contributed by atoms with Crippen LogP contribution in [0.15, 0.2) is 23.5 Å². The lowest BCUT2D eigenvalue weighted by molar-refractivity contribution is 0.318.